The summed E-state index contributed by atoms with van der Waals surface area (Å²) in [5.74, 6) is -2.08. The summed E-state index contributed by atoms with van der Waals surface area (Å²) in [4.78, 5) is 70.7. The Morgan fingerprint density at radius 2 is 1.25 bits per heavy atom. The lowest BCUT2D eigenvalue weighted by atomic mass is 9.92. The summed E-state index contributed by atoms with van der Waals surface area (Å²) in [6.45, 7) is 12.3. The van der Waals surface area contributed by atoms with Gasteiger partial charge in [-0.25, -0.2) is 0 Å². The highest BCUT2D eigenvalue weighted by Gasteiger charge is 2.50. The number of morpholine rings is 1. The molecule has 0 radical (unpaired) electrons. The molecule has 0 spiro atoms. The Kier molecular flexibility index (Phi) is 16.0. The van der Waals surface area contributed by atoms with E-state index in [1.807, 2.05) is 93.3 Å². The van der Waals surface area contributed by atoms with E-state index in [9.17, 15) is 24.0 Å². The number of hydrogen-bond acceptors (Lipinski definition) is 8. The first-order valence-electron chi connectivity index (χ1n) is 19.1. The number of rotatable bonds is 21. The zero-order valence-electron chi connectivity index (χ0n) is 32.0. The largest absolute Gasteiger partial charge is 0.379 e. The summed E-state index contributed by atoms with van der Waals surface area (Å²) in [6, 6.07) is 15.7. The second kappa shape index (κ2) is 20.4. The normalized spacial score (nSPS) is 20.0. The van der Waals surface area contributed by atoms with Gasteiger partial charge in [0.05, 0.1) is 32.4 Å². The van der Waals surface area contributed by atoms with Gasteiger partial charge in [0, 0.05) is 13.1 Å². The van der Waals surface area contributed by atoms with Crippen LogP contribution in [0.5, 0.6) is 0 Å². The highest BCUT2D eigenvalue weighted by Crippen LogP contribution is 2.29. The van der Waals surface area contributed by atoms with Gasteiger partial charge in [0.25, 0.3) is 0 Å². The summed E-state index contributed by atoms with van der Waals surface area (Å²) in [5.41, 5.74) is 1.10. The number of Topliss-reactive ketones (excluding diaryl/α,β-unsaturated/α-hetero) is 1. The molecular weight excluding hydrogens is 674 g/mol. The van der Waals surface area contributed by atoms with Gasteiger partial charge in [-0.2, -0.15) is 0 Å². The fraction of sp³-hybridized carbons (Fsp3) is 0.585. The van der Waals surface area contributed by atoms with E-state index < -0.39 is 47.5 Å². The summed E-state index contributed by atoms with van der Waals surface area (Å²) in [5, 5.41) is 11.7. The van der Waals surface area contributed by atoms with E-state index in [4.69, 9.17) is 9.47 Å². The highest BCUT2D eigenvalue weighted by molar-refractivity contribution is 5.98. The molecule has 290 valence electrons. The smallest absolute Gasteiger partial charge is 0.243 e. The maximum Gasteiger partial charge on any atom is 0.243 e. The molecule has 2 saturated heterocycles. The average Bonchev–Trinajstić information content (AvgIpc) is 3.91. The van der Waals surface area contributed by atoms with Crippen LogP contribution in [0, 0.1) is 11.8 Å². The third kappa shape index (κ3) is 13.3. The third-order valence-corrected chi connectivity index (χ3v) is 10.1. The monoisotopic (exact) mass is 733 g/mol. The van der Waals surface area contributed by atoms with Crippen LogP contribution >= 0.6 is 0 Å². The number of amides is 4. The maximum absolute atomic E-state index is 14.2. The molecule has 0 aromatic heterocycles. The molecule has 2 heterocycles. The van der Waals surface area contributed by atoms with Crippen molar-refractivity contribution in [2.24, 2.45) is 11.8 Å². The first kappa shape index (κ1) is 41.6. The number of hydrogen-bond donors (Lipinski definition) is 4. The minimum Gasteiger partial charge on any atom is -0.379 e. The number of carbonyl (C=O) groups is 5. The van der Waals surface area contributed by atoms with Crippen LogP contribution < -0.4 is 21.3 Å². The molecule has 2 aromatic carbocycles. The van der Waals surface area contributed by atoms with Gasteiger partial charge in [0.1, 0.15) is 23.7 Å². The molecular formula is C41H59N5O7. The zero-order valence-corrected chi connectivity index (χ0v) is 32.0. The molecule has 4 rings (SSSR count). The van der Waals surface area contributed by atoms with Crippen LogP contribution in [0.4, 0.5) is 0 Å². The van der Waals surface area contributed by atoms with Crippen molar-refractivity contribution in [2.45, 2.75) is 103 Å². The maximum atomic E-state index is 14.2. The molecule has 0 bridgehead atoms. The molecule has 2 aliphatic heterocycles. The third-order valence-electron chi connectivity index (χ3n) is 10.1. The summed E-state index contributed by atoms with van der Waals surface area (Å²) < 4.78 is 10.8. The van der Waals surface area contributed by atoms with Gasteiger partial charge < -0.3 is 30.7 Å². The number of nitrogens with zero attached hydrogens (tertiary/aromatic N) is 1. The number of carbonyl (C=O) groups excluding carboxylic acids is 5. The van der Waals surface area contributed by atoms with E-state index >= 15 is 0 Å². The lowest BCUT2D eigenvalue weighted by Crippen LogP contribution is -2.60. The fourth-order valence-electron chi connectivity index (χ4n) is 6.46. The number of benzene rings is 2. The van der Waals surface area contributed by atoms with Crippen molar-refractivity contribution in [1.82, 2.24) is 26.2 Å². The standard InChI is InChI=1S/C41H59N5O7/c1-6-29(4)36(45-39(50)32(19-17-30-13-9-7-10-14-30)42-35(47)26-46-21-23-52-24-22-46)40(51)43-33(20-18-31-15-11-8-12-16-31)38(49)44-34(25-28(2)3)37(48)41(5)27-53-41/h7-16,28-29,32-34,36H,6,17-27H2,1-5H3,(H,42,47)(H,43,51)(H,44,49)(H,45,50)/t29?,32-,33?,34?,36?,41?/m0/s1. The van der Waals surface area contributed by atoms with Gasteiger partial charge in [0.2, 0.25) is 23.6 Å². The van der Waals surface area contributed by atoms with Gasteiger partial charge in [-0.3, -0.25) is 28.9 Å². The van der Waals surface area contributed by atoms with Gasteiger partial charge in [-0.15, -0.1) is 0 Å². The van der Waals surface area contributed by atoms with Crippen LogP contribution in [-0.2, 0) is 46.3 Å². The molecule has 0 saturated carbocycles. The van der Waals surface area contributed by atoms with E-state index in [0.717, 1.165) is 11.1 Å². The second-order valence-electron chi connectivity index (χ2n) is 15.1. The van der Waals surface area contributed by atoms with Crippen molar-refractivity contribution in [3.63, 3.8) is 0 Å². The van der Waals surface area contributed by atoms with Crippen LogP contribution in [0.1, 0.15) is 71.4 Å². The van der Waals surface area contributed by atoms with Crippen LogP contribution in [0.3, 0.4) is 0 Å². The lowest BCUT2D eigenvalue weighted by molar-refractivity contribution is -0.136. The molecule has 5 unspecified atom stereocenters. The van der Waals surface area contributed by atoms with Crippen molar-refractivity contribution in [3.8, 4) is 0 Å². The molecule has 4 N–H and O–H groups in total. The number of aryl methyl sites for hydroxylation is 2. The van der Waals surface area contributed by atoms with Crippen molar-refractivity contribution in [1.29, 1.82) is 0 Å². The Morgan fingerprint density at radius 1 is 0.736 bits per heavy atom. The highest BCUT2D eigenvalue weighted by atomic mass is 16.6. The minimum atomic E-state index is -0.984. The van der Waals surface area contributed by atoms with E-state index in [0.29, 0.717) is 65.0 Å². The van der Waals surface area contributed by atoms with Crippen molar-refractivity contribution in [3.05, 3.63) is 71.8 Å². The molecule has 12 nitrogen and oxygen atoms in total. The number of ether oxygens (including phenoxy) is 2. The van der Waals surface area contributed by atoms with Crippen molar-refractivity contribution < 1.29 is 33.4 Å². The molecule has 6 atom stereocenters. The van der Waals surface area contributed by atoms with Crippen LogP contribution in [0.25, 0.3) is 0 Å². The quantitative estimate of drug-likeness (QED) is 0.143. The summed E-state index contributed by atoms with van der Waals surface area (Å²) in [6.07, 6.45) is 2.64. The zero-order chi connectivity index (χ0) is 38.4. The predicted molar refractivity (Wildman–Crippen MR) is 203 cm³/mol. The number of ketones is 1. The lowest BCUT2D eigenvalue weighted by Gasteiger charge is -2.30. The molecule has 2 aliphatic rings. The van der Waals surface area contributed by atoms with E-state index in [1.54, 1.807) is 6.92 Å². The molecule has 53 heavy (non-hydrogen) atoms. The van der Waals surface area contributed by atoms with Gasteiger partial charge in [0.15, 0.2) is 5.78 Å². The Balaban J connectivity index is 1.51. The SMILES string of the molecule is CCC(C)C(NC(=O)[C@H](CCc1ccccc1)NC(=O)CN1CCOCC1)C(=O)NC(CCc1ccccc1)C(=O)NC(CC(C)C)C(=O)C1(C)CO1. The molecule has 12 heteroatoms. The molecule has 0 aliphatic carbocycles. The average molecular weight is 734 g/mol. The first-order chi connectivity index (χ1) is 25.4. The number of nitrogens with one attached hydrogen (secondary N) is 4. The van der Waals surface area contributed by atoms with Crippen LogP contribution in [0.15, 0.2) is 60.7 Å². The Morgan fingerprint density at radius 3 is 1.75 bits per heavy atom. The minimum absolute atomic E-state index is 0.123. The van der Waals surface area contributed by atoms with E-state index in [2.05, 4.69) is 21.3 Å². The first-order valence-corrected chi connectivity index (χ1v) is 19.1. The van der Waals surface area contributed by atoms with Gasteiger partial charge >= 0.3 is 0 Å². The van der Waals surface area contributed by atoms with Gasteiger partial charge in [-0.05, 0) is 62.0 Å². The van der Waals surface area contributed by atoms with Crippen molar-refractivity contribution in [2.75, 3.05) is 39.5 Å². The molecule has 4 amide bonds. The Labute approximate surface area is 314 Å². The van der Waals surface area contributed by atoms with Crippen LogP contribution in [0.2, 0.25) is 0 Å². The topological polar surface area (TPSA) is 158 Å². The predicted octanol–water partition coefficient (Wildman–Crippen LogP) is 2.97. The van der Waals surface area contributed by atoms with Gasteiger partial charge in [-0.1, -0.05) is 94.8 Å². The fourth-order valence-corrected chi connectivity index (χ4v) is 6.46. The summed E-state index contributed by atoms with van der Waals surface area (Å²) >= 11 is 0. The van der Waals surface area contributed by atoms with E-state index in [-0.39, 0.29) is 36.5 Å². The Bertz CT molecular complexity index is 1490. The second-order valence-corrected chi connectivity index (χ2v) is 15.1. The Hall–Kier alpha value is -4.13. The van der Waals surface area contributed by atoms with Crippen molar-refractivity contribution >= 4 is 29.4 Å². The molecule has 2 aromatic rings. The number of epoxide rings is 1. The molecule has 2 fully saturated rings. The van der Waals surface area contributed by atoms with E-state index in [1.165, 1.54) is 0 Å². The summed E-state index contributed by atoms with van der Waals surface area (Å²) in [7, 11) is 0. The van der Waals surface area contributed by atoms with Crippen LogP contribution in [-0.4, -0.2) is 104 Å².